The highest BCUT2D eigenvalue weighted by molar-refractivity contribution is 6.32. The zero-order valence-corrected chi connectivity index (χ0v) is 24.8. The van der Waals surface area contributed by atoms with E-state index < -0.39 is 37.3 Å². The molecule has 2 aliphatic rings. The fraction of sp³-hybridized carbons (Fsp3) is 0.500. The number of hydrogen-bond acceptors (Lipinski definition) is 7. The van der Waals surface area contributed by atoms with Crippen LogP contribution in [0.2, 0.25) is 10.0 Å². The molecular weight excluding hydrogens is 640 g/mol. The number of aliphatic hydroxyl groups is 1. The van der Waals surface area contributed by atoms with Gasteiger partial charge in [-0.05, 0) is 55.3 Å². The van der Waals surface area contributed by atoms with Gasteiger partial charge >= 0.3 is 18.1 Å². The number of nitrogens with zero attached hydrogens (tertiary/aromatic N) is 2. The molecule has 2 fully saturated rings. The Balaban J connectivity index is 0.000000676. The molecule has 4 N–H and O–H groups in total. The number of carboxylic acid groups (broad SMARTS) is 2. The van der Waals surface area contributed by atoms with Crippen molar-refractivity contribution in [1.29, 1.82) is 0 Å². The molecule has 4 rings (SSSR count). The zero-order chi connectivity index (χ0) is 32.6. The molecule has 0 spiro atoms. The van der Waals surface area contributed by atoms with Crippen molar-refractivity contribution in [2.24, 2.45) is 0 Å². The van der Waals surface area contributed by atoms with Gasteiger partial charge in [0.25, 0.3) is 6.43 Å². The number of hydrogen-bond donors (Lipinski definition) is 4. The smallest absolute Gasteiger partial charge is 0.486 e. The molecule has 0 aromatic heterocycles. The molecule has 2 heterocycles. The minimum Gasteiger partial charge on any atom is -0.486 e. The third kappa shape index (κ3) is 10.9. The van der Waals surface area contributed by atoms with Crippen LogP contribution in [0.25, 0.3) is 0 Å². The maximum atomic E-state index is 12.7. The molecule has 16 heteroatoms. The maximum absolute atomic E-state index is 12.7. The van der Waals surface area contributed by atoms with E-state index in [1.807, 2.05) is 29.2 Å². The number of likely N-dealkylation sites (tertiary alicyclic amines) is 1. The van der Waals surface area contributed by atoms with E-state index in [9.17, 15) is 37.0 Å². The van der Waals surface area contributed by atoms with E-state index >= 15 is 0 Å². The minimum atomic E-state index is -5.08. The lowest BCUT2D eigenvalue weighted by molar-refractivity contribution is -0.192. The van der Waals surface area contributed by atoms with Crippen molar-refractivity contribution in [2.75, 3.05) is 37.7 Å². The second-order valence-electron chi connectivity index (χ2n) is 10.4. The third-order valence-electron chi connectivity index (χ3n) is 7.07. The van der Waals surface area contributed by atoms with Crippen molar-refractivity contribution in [3.05, 3.63) is 57.6 Å². The number of nitrogens with one attached hydrogen (secondary N) is 1. The molecule has 244 valence electrons. The van der Waals surface area contributed by atoms with E-state index in [1.165, 1.54) is 17.7 Å². The summed E-state index contributed by atoms with van der Waals surface area (Å²) in [6.45, 7) is 2.61. The molecule has 0 amide bonds. The molecule has 0 saturated carbocycles. The van der Waals surface area contributed by atoms with Gasteiger partial charge in [-0.2, -0.15) is 13.2 Å². The van der Waals surface area contributed by atoms with Crippen molar-refractivity contribution in [1.82, 2.24) is 10.2 Å². The average Bonchev–Trinajstić information content (AvgIpc) is 3.29. The summed E-state index contributed by atoms with van der Waals surface area (Å²) in [7, 11) is 0. The first kappa shape index (κ1) is 35.6. The van der Waals surface area contributed by atoms with Crippen LogP contribution in [0.15, 0.2) is 36.4 Å². The number of β-amino-alcohol motifs (C(OH)–C–C–N with tert-alkyl or cyclic N) is 1. The van der Waals surface area contributed by atoms with Crippen LogP contribution in [-0.2, 0) is 22.6 Å². The quantitative estimate of drug-likeness (QED) is 0.266. The van der Waals surface area contributed by atoms with E-state index in [1.54, 1.807) is 0 Å². The number of carboxylic acids is 2. The lowest BCUT2D eigenvalue weighted by Gasteiger charge is -2.34. The van der Waals surface area contributed by atoms with Crippen LogP contribution in [-0.4, -0.2) is 95.7 Å². The molecule has 0 bridgehead atoms. The Morgan fingerprint density at radius 2 is 1.66 bits per heavy atom. The normalized spacial score (nSPS) is 19.5. The summed E-state index contributed by atoms with van der Waals surface area (Å²) in [5, 5.41) is 31.6. The van der Waals surface area contributed by atoms with E-state index in [2.05, 4.69) is 10.2 Å². The van der Waals surface area contributed by atoms with Gasteiger partial charge in [0, 0.05) is 42.5 Å². The Morgan fingerprint density at radius 3 is 2.20 bits per heavy atom. The van der Waals surface area contributed by atoms with E-state index in [0.717, 1.165) is 37.5 Å². The number of alkyl halides is 5. The number of ether oxygens (including phenoxy) is 1. The topological polar surface area (TPSA) is 123 Å². The highest BCUT2D eigenvalue weighted by Gasteiger charge is 2.38. The van der Waals surface area contributed by atoms with E-state index in [0.29, 0.717) is 17.8 Å². The standard InChI is InChI=1S/C26H31Cl2F2N3O4.C2HF3O2/c27-18-3-1-16(2-4-18)12-32-7-5-19(6-8-32)31-21-13-33(14-23(21)34)22-11-24(37-15-25(29)30)20(28)9-17(22)10-26(35)36;3-2(4,5)1(6)7/h1-4,9,11,19,21,23,25,31,34H,5-8,10,12-15H2,(H,35,36);(H,6,7)/t21-,23-;/m1./s1. The summed E-state index contributed by atoms with van der Waals surface area (Å²) >= 11 is 12.2. The largest absolute Gasteiger partial charge is 0.490 e. The van der Waals surface area contributed by atoms with Gasteiger partial charge < -0.3 is 30.3 Å². The minimum absolute atomic E-state index is 0.0602. The summed E-state index contributed by atoms with van der Waals surface area (Å²) < 4.78 is 62.2. The number of halogens is 7. The lowest BCUT2D eigenvalue weighted by atomic mass is 10.0. The van der Waals surface area contributed by atoms with Crippen molar-refractivity contribution in [3.8, 4) is 5.75 Å². The van der Waals surface area contributed by atoms with Gasteiger partial charge in [-0.25, -0.2) is 13.6 Å². The van der Waals surface area contributed by atoms with Crippen LogP contribution in [0.5, 0.6) is 5.75 Å². The van der Waals surface area contributed by atoms with E-state index in [-0.39, 0.29) is 35.8 Å². The van der Waals surface area contributed by atoms with Crippen molar-refractivity contribution in [3.63, 3.8) is 0 Å². The Hall–Kier alpha value is -2.91. The molecule has 44 heavy (non-hydrogen) atoms. The predicted molar refractivity (Wildman–Crippen MR) is 153 cm³/mol. The number of carbonyl (C=O) groups is 2. The van der Waals surface area contributed by atoms with Crippen LogP contribution < -0.4 is 15.0 Å². The van der Waals surface area contributed by atoms with Crippen molar-refractivity contribution >= 4 is 40.8 Å². The van der Waals surface area contributed by atoms with E-state index in [4.69, 9.17) is 37.8 Å². The van der Waals surface area contributed by atoms with Gasteiger partial charge in [0.1, 0.15) is 12.4 Å². The van der Waals surface area contributed by atoms with Crippen molar-refractivity contribution < 1.29 is 51.6 Å². The summed E-state index contributed by atoms with van der Waals surface area (Å²) in [5.74, 6) is -3.74. The molecule has 2 aromatic carbocycles. The van der Waals surface area contributed by atoms with Gasteiger partial charge in [-0.1, -0.05) is 35.3 Å². The summed E-state index contributed by atoms with van der Waals surface area (Å²) in [5.41, 5.74) is 2.16. The number of aliphatic hydroxyl groups excluding tert-OH is 1. The first-order chi connectivity index (χ1) is 20.6. The summed E-state index contributed by atoms with van der Waals surface area (Å²) in [6.07, 6.45) is -6.84. The molecule has 2 aromatic rings. The molecule has 0 unspecified atom stereocenters. The molecule has 9 nitrogen and oxygen atoms in total. The fourth-order valence-electron chi connectivity index (χ4n) is 5.00. The molecule has 2 saturated heterocycles. The number of anilines is 1. The monoisotopic (exact) mass is 671 g/mol. The predicted octanol–water partition coefficient (Wildman–Crippen LogP) is 4.70. The molecule has 0 aliphatic carbocycles. The molecule has 0 radical (unpaired) electrons. The van der Waals surface area contributed by atoms with Crippen LogP contribution >= 0.6 is 23.2 Å². The Kier molecular flexibility index (Phi) is 12.8. The SMILES string of the molecule is O=C(O)C(F)(F)F.O=C(O)Cc1cc(Cl)c(OCC(F)F)cc1N1C[C@@H](O)[C@H](NC2CCN(Cc3ccc(Cl)cc3)CC2)C1. The first-order valence-corrected chi connectivity index (χ1v) is 14.3. The molecule has 2 atom stereocenters. The molecular formula is C28H32Cl2F5N3O6. The second kappa shape index (κ2) is 15.9. The number of rotatable bonds is 10. The van der Waals surface area contributed by atoms with Crippen molar-refractivity contribution in [2.45, 2.75) is 56.6 Å². The number of piperidine rings is 1. The number of aliphatic carboxylic acids is 2. The van der Waals surface area contributed by atoms with Gasteiger partial charge in [0.15, 0.2) is 0 Å². The van der Waals surface area contributed by atoms with Crippen LogP contribution in [0, 0.1) is 0 Å². The Labute approximate surface area is 260 Å². The van der Waals surface area contributed by atoms with Gasteiger partial charge in [-0.3, -0.25) is 9.69 Å². The number of benzene rings is 2. The molecule has 2 aliphatic heterocycles. The summed E-state index contributed by atoms with van der Waals surface area (Å²) in [4.78, 5) is 24.6. The Morgan fingerprint density at radius 1 is 1.05 bits per heavy atom. The highest BCUT2D eigenvalue weighted by Crippen LogP contribution is 2.36. The lowest BCUT2D eigenvalue weighted by Crippen LogP contribution is -2.49. The van der Waals surface area contributed by atoms with Crippen LogP contribution in [0.1, 0.15) is 24.0 Å². The zero-order valence-electron chi connectivity index (χ0n) is 23.2. The Bertz CT molecular complexity index is 1260. The van der Waals surface area contributed by atoms with Crippen LogP contribution in [0.4, 0.5) is 27.6 Å². The highest BCUT2D eigenvalue weighted by atomic mass is 35.5. The van der Waals surface area contributed by atoms with Gasteiger partial charge in [0.2, 0.25) is 0 Å². The fourth-order valence-corrected chi connectivity index (χ4v) is 5.37. The summed E-state index contributed by atoms with van der Waals surface area (Å²) in [6, 6.07) is 10.8. The average molecular weight is 672 g/mol. The van der Waals surface area contributed by atoms with Crippen LogP contribution in [0.3, 0.4) is 0 Å². The van der Waals surface area contributed by atoms with Gasteiger partial charge in [0.05, 0.1) is 23.6 Å². The van der Waals surface area contributed by atoms with Gasteiger partial charge in [-0.15, -0.1) is 0 Å². The third-order valence-corrected chi connectivity index (χ3v) is 7.62. The second-order valence-corrected chi connectivity index (χ2v) is 11.3. The first-order valence-electron chi connectivity index (χ1n) is 13.5. The maximum Gasteiger partial charge on any atom is 0.490 e.